The number of rotatable bonds is 7. The Kier molecular flexibility index (Phi) is 7.11. The number of fused-ring (bicyclic) bond motifs is 1. The van der Waals surface area contributed by atoms with Crippen LogP contribution in [-0.4, -0.2) is 66.7 Å². The van der Waals surface area contributed by atoms with Gasteiger partial charge in [0.15, 0.2) is 0 Å². The molecule has 9 heteroatoms. The van der Waals surface area contributed by atoms with Crippen molar-refractivity contribution in [2.75, 3.05) is 25.6 Å². The third-order valence-electron chi connectivity index (χ3n) is 8.94. The Balaban J connectivity index is 1.42. The molecule has 200 valence electrons. The lowest BCUT2D eigenvalue weighted by Crippen LogP contribution is -2.58. The van der Waals surface area contributed by atoms with Crippen LogP contribution in [0.2, 0.25) is 5.02 Å². The Hall–Kier alpha value is -2.42. The molecule has 0 radical (unpaired) electrons. The van der Waals surface area contributed by atoms with E-state index in [1.165, 1.54) is 0 Å². The minimum Gasteiger partial charge on any atom is -0.383 e. The number of halogens is 1. The first kappa shape index (κ1) is 26.2. The Bertz CT molecular complexity index is 1130. The van der Waals surface area contributed by atoms with Gasteiger partial charge in [0, 0.05) is 30.4 Å². The Morgan fingerprint density at radius 3 is 2.76 bits per heavy atom. The average molecular weight is 530 g/mol. The van der Waals surface area contributed by atoms with Gasteiger partial charge in [0.1, 0.15) is 11.6 Å². The number of hydrogen-bond donors (Lipinski definition) is 2. The van der Waals surface area contributed by atoms with Crippen LogP contribution in [0.4, 0.5) is 5.69 Å². The number of nitrogens with zero attached hydrogens (tertiary/aromatic N) is 1. The fourth-order valence-corrected chi connectivity index (χ4v) is 6.82. The standard InChI is InChI=1S/C28H36ClN3O5/c1-15-6-5-7-20(17(15)3)31-26(34)24-28-11-10-21(37-28)22(23(28)27(35)32(24)12-13-36-4)25(33)30-18-9-8-16(2)19(29)14-18/h8-11,14-15,17,20-24H,5-7,12-13H2,1-4H3,(H,30,33)(H,31,34)/t15-,17-,20+,21+,22+,23+,24-,28-/m0/s1. The van der Waals surface area contributed by atoms with Gasteiger partial charge in [0.05, 0.1) is 24.5 Å². The molecule has 0 unspecified atom stereocenters. The highest BCUT2D eigenvalue weighted by atomic mass is 35.5. The summed E-state index contributed by atoms with van der Waals surface area (Å²) in [5.41, 5.74) is 0.272. The minimum absolute atomic E-state index is 0.0408. The lowest BCUT2D eigenvalue weighted by Gasteiger charge is -2.38. The number of nitrogens with one attached hydrogen (secondary N) is 2. The molecular formula is C28H36ClN3O5. The maximum atomic E-state index is 13.9. The van der Waals surface area contributed by atoms with Crippen molar-refractivity contribution in [1.82, 2.24) is 10.2 Å². The predicted octanol–water partition coefficient (Wildman–Crippen LogP) is 3.32. The molecular weight excluding hydrogens is 494 g/mol. The number of carbonyl (C=O) groups excluding carboxylic acids is 3. The highest BCUT2D eigenvalue weighted by Gasteiger charge is 2.72. The summed E-state index contributed by atoms with van der Waals surface area (Å²) in [5, 5.41) is 6.71. The van der Waals surface area contributed by atoms with E-state index in [1.54, 1.807) is 24.1 Å². The van der Waals surface area contributed by atoms with Crippen molar-refractivity contribution >= 4 is 35.0 Å². The van der Waals surface area contributed by atoms with Gasteiger partial charge >= 0.3 is 0 Å². The van der Waals surface area contributed by atoms with Crippen molar-refractivity contribution in [1.29, 1.82) is 0 Å². The Morgan fingerprint density at radius 2 is 2.03 bits per heavy atom. The summed E-state index contributed by atoms with van der Waals surface area (Å²) in [6.45, 7) is 6.80. The average Bonchev–Trinajstić information content (AvgIpc) is 3.50. The van der Waals surface area contributed by atoms with Crippen LogP contribution in [0.1, 0.15) is 38.7 Å². The molecule has 37 heavy (non-hydrogen) atoms. The monoisotopic (exact) mass is 529 g/mol. The SMILES string of the molecule is COCCN1C(=O)[C@H]2[C@H](C(=O)Nc3ccc(C)c(Cl)c3)[C@H]3C=C[C@@]2(O3)[C@@H]1C(=O)N[C@@H]1CCC[C@H](C)[C@@H]1C. The molecule has 1 spiro atoms. The molecule has 0 aromatic heterocycles. The third kappa shape index (κ3) is 4.37. The smallest absolute Gasteiger partial charge is 0.246 e. The number of likely N-dealkylation sites (tertiary alicyclic amines) is 1. The maximum Gasteiger partial charge on any atom is 0.246 e. The molecule has 2 bridgehead atoms. The van der Waals surface area contributed by atoms with E-state index in [0.29, 0.717) is 22.5 Å². The van der Waals surface area contributed by atoms with Crippen molar-refractivity contribution < 1.29 is 23.9 Å². The number of anilines is 1. The molecule has 3 heterocycles. The van der Waals surface area contributed by atoms with Crippen LogP contribution in [-0.2, 0) is 23.9 Å². The summed E-state index contributed by atoms with van der Waals surface area (Å²) in [5.74, 6) is -1.50. The van der Waals surface area contributed by atoms with Gasteiger partial charge in [-0.05, 0) is 42.9 Å². The van der Waals surface area contributed by atoms with Crippen LogP contribution in [0.15, 0.2) is 30.4 Å². The topological polar surface area (TPSA) is 97.0 Å². The molecule has 3 fully saturated rings. The van der Waals surface area contributed by atoms with Crippen LogP contribution < -0.4 is 10.6 Å². The second kappa shape index (κ2) is 10.0. The van der Waals surface area contributed by atoms with Gasteiger partial charge in [-0.3, -0.25) is 14.4 Å². The number of benzene rings is 1. The van der Waals surface area contributed by atoms with E-state index >= 15 is 0 Å². The molecule has 2 N–H and O–H groups in total. The lowest BCUT2D eigenvalue weighted by atomic mass is 9.73. The predicted molar refractivity (Wildman–Crippen MR) is 140 cm³/mol. The van der Waals surface area contributed by atoms with Gasteiger partial charge in [-0.2, -0.15) is 0 Å². The Labute approximate surface area is 223 Å². The van der Waals surface area contributed by atoms with E-state index in [0.717, 1.165) is 24.8 Å². The van der Waals surface area contributed by atoms with Gasteiger partial charge in [-0.1, -0.05) is 56.5 Å². The van der Waals surface area contributed by atoms with Gasteiger partial charge in [-0.15, -0.1) is 0 Å². The second-order valence-corrected chi connectivity index (χ2v) is 11.5. The first-order valence-electron chi connectivity index (χ1n) is 13.2. The fraction of sp³-hybridized carbons (Fsp3) is 0.607. The van der Waals surface area contributed by atoms with Crippen LogP contribution in [0.3, 0.4) is 0 Å². The van der Waals surface area contributed by atoms with E-state index in [-0.39, 0.29) is 36.9 Å². The van der Waals surface area contributed by atoms with E-state index in [1.807, 2.05) is 25.1 Å². The number of amides is 3. The summed E-state index contributed by atoms with van der Waals surface area (Å²) in [6.07, 6.45) is 6.19. The molecule has 1 aliphatic carbocycles. The van der Waals surface area contributed by atoms with E-state index in [4.69, 9.17) is 21.1 Å². The zero-order valence-corrected chi connectivity index (χ0v) is 22.6. The van der Waals surface area contributed by atoms with Crippen LogP contribution in [0.25, 0.3) is 0 Å². The summed E-state index contributed by atoms with van der Waals surface area (Å²) in [7, 11) is 1.56. The summed E-state index contributed by atoms with van der Waals surface area (Å²) >= 11 is 6.25. The van der Waals surface area contributed by atoms with Crippen molar-refractivity contribution in [3.05, 3.63) is 40.9 Å². The van der Waals surface area contributed by atoms with Crippen molar-refractivity contribution in [2.45, 2.75) is 63.8 Å². The second-order valence-electron chi connectivity index (χ2n) is 11.1. The number of aryl methyl sites for hydroxylation is 1. The molecule has 1 aromatic carbocycles. The van der Waals surface area contributed by atoms with Crippen LogP contribution in [0, 0.1) is 30.6 Å². The third-order valence-corrected chi connectivity index (χ3v) is 9.34. The fourth-order valence-electron chi connectivity index (χ4n) is 6.64. The molecule has 8 nitrogen and oxygen atoms in total. The lowest BCUT2D eigenvalue weighted by molar-refractivity contribution is -0.142. The first-order chi connectivity index (χ1) is 17.7. The molecule has 1 aromatic rings. The number of methoxy groups -OCH3 is 1. The van der Waals surface area contributed by atoms with Gasteiger partial charge in [0.2, 0.25) is 17.7 Å². The van der Waals surface area contributed by atoms with Crippen molar-refractivity contribution in [3.63, 3.8) is 0 Å². The minimum atomic E-state index is -1.18. The Morgan fingerprint density at radius 1 is 1.24 bits per heavy atom. The molecule has 8 atom stereocenters. The highest BCUT2D eigenvalue weighted by Crippen LogP contribution is 2.55. The van der Waals surface area contributed by atoms with Crippen LogP contribution in [0.5, 0.6) is 0 Å². The van der Waals surface area contributed by atoms with Crippen molar-refractivity contribution in [3.8, 4) is 0 Å². The molecule has 3 aliphatic heterocycles. The van der Waals surface area contributed by atoms with E-state index in [2.05, 4.69) is 24.5 Å². The zero-order valence-electron chi connectivity index (χ0n) is 21.8. The normalized spacial score (nSPS) is 36.1. The first-order valence-corrected chi connectivity index (χ1v) is 13.6. The number of carbonyl (C=O) groups is 3. The molecule has 1 saturated carbocycles. The molecule has 3 amide bonds. The summed E-state index contributed by atoms with van der Waals surface area (Å²) in [6, 6.07) is 4.48. The highest BCUT2D eigenvalue weighted by molar-refractivity contribution is 6.31. The maximum absolute atomic E-state index is 13.9. The van der Waals surface area contributed by atoms with Gasteiger partial charge in [-0.25, -0.2) is 0 Å². The molecule has 2 saturated heterocycles. The van der Waals surface area contributed by atoms with Crippen molar-refractivity contribution in [2.24, 2.45) is 23.7 Å². The largest absolute Gasteiger partial charge is 0.383 e. The summed E-state index contributed by atoms with van der Waals surface area (Å²) < 4.78 is 11.6. The quantitative estimate of drug-likeness (QED) is 0.528. The van der Waals surface area contributed by atoms with E-state index < -0.39 is 29.6 Å². The van der Waals surface area contributed by atoms with Gasteiger partial charge in [0.25, 0.3) is 0 Å². The van der Waals surface area contributed by atoms with Crippen LogP contribution >= 0.6 is 11.6 Å². The van der Waals surface area contributed by atoms with Gasteiger partial charge < -0.3 is 25.0 Å². The number of ether oxygens (including phenoxy) is 2. The number of hydrogen-bond acceptors (Lipinski definition) is 5. The zero-order chi connectivity index (χ0) is 26.5. The summed E-state index contributed by atoms with van der Waals surface area (Å²) in [4.78, 5) is 42.8. The molecule has 4 aliphatic rings. The van der Waals surface area contributed by atoms with E-state index in [9.17, 15) is 14.4 Å². The molecule has 5 rings (SSSR count).